The fraction of sp³-hybridized carbons (Fsp3) is 0.344. The summed E-state index contributed by atoms with van der Waals surface area (Å²) >= 11 is 6.19. The van der Waals surface area contributed by atoms with Gasteiger partial charge in [-0.1, -0.05) is 11.6 Å². The minimum Gasteiger partial charge on any atom is -0.481 e. The molecule has 2 aliphatic rings. The van der Waals surface area contributed by atoms with Crippen molar-refractivity contribution in [3.63, 3.8) is 0 Å². The van der Waals surface area contributed by atoms with E-state index in [1.54, 1.807) is 40.1 Å². The second-order valence-electron chi connectivity index (χ2n) is 11.7. The van der Waals surface area contributed by atoms with Crippen molar-refractivity contribution in [2.45, 2.75) is 44.6 Å². The van der Waals surface area contributed by atoms with E-state index in [-0.39, 0.29) is 40.7 Å². The highest BCUT2D eigenvalue weighted by molar-refractivity contribution is 6.34. The standard InChI is InChI=1S/C24H25ClFN5O3.C8H7N3O3/c25-19-11-16(26)1-2-20(19)30-9-8-24(23(30)34)6-3-17(4-7-24)29-22(33)18-13-28-31-14-15(5-10-32)12-27-21(18)31;1-14-6-2-3-11-7(10-6)5(4-9-11)8(12)13/h1-2,11-14,17,32H,3-10H2,(H,29,33);2-4H,1H3,(H,12,13). The molecule has 0 radical (unpaired) electrons. The summed E-state index contributed by atoms with van der Waals surface area (Å²) in [5.41, 5.74) is 2.10. The number of rotatable bonds is 7. The average molecular weight is 679 g/mol. The summed E-state index contributed by atoms with van der Waals surface area (Å²) in [6.45, 7) is 0.565. The van der Waals surface area contributed by atoms with Crippen LogP contribution in [-0.2, 0) is 11.2 Å². The van der Waals surface area contributed by atoms with Gasteiger partial charge in [-0.25, -0.2) is 23.2 Å². The van der Waals surface area contributed by atoms with Crippen molar-refractivity contribution in [1.82, 2.24) is 34.5 Å². The van der Waals surface area contributed by atoms with Crippen LogP contribution in [0.15, 0.2) is 55.2 Å². The number of carboxylic acid groups (broad SMARTS) is 1. The van der Waals surface area contributed by atoms with Gasteiger partial charge in [0.1, 0.15) is 16.9 Å². The fourth-order valence-electron chi connectivity index (χ4n) is 6.24. The molecule has 3 N–H and O–H groups in total. The van der Waals surface area contributed by atoms with Crippen molar-refractivity contribution < 1.29 is 33.7 Å². The number of aliphatic hydroxyl groups is 1. The average Bonchev–Trinajstić information content (AvgIpc) is 3.78. The number of hydrogen-bond donors (Lipinski definition) is 3. The lowest BCUT2D eigenvalue weighted by Gasteiger charge is -2.36. The molecule has 1 aromatic carbocycles. The second-order valence-corrected chi connectivity index (χ2v) is 12.1. The Balaban J connectivity index is 0.000000239. The van der Waals surface area contributed by atoms with Crippen LogP contribution < -0.4 is 15.0 Å². The number of nitrogens with zero attached hydrogens (tertiary/aromatic N) is 7. The van der Waals surface area contributed by atoms with E-state index in [1.165, 1.54) is 36.2 Å². The van der Waals surface area contributed by atoms with Crippen molar-refractivity contribution >= 4 is 46.4 Å². The predicted molar refractivity (Wildman–Crippen MR) is 171 cm³/mol. The van der Waals surface area contributed by atoms with Gasteiger partial charge in [-0.05, 0) is 62.3 Å². The van der Waals surface area contributed by atoms with Crippen LogP contribution in [-0.4, -0.2) is 83.5 Å². The third kappa shape index (κ3) is 6.38. The Morgan fingerprint density at radius 1 is 1.08 bits per heavy atom. The van der Waals surface area contributed by atoms with Gasteiger partial charge in [0, 0.05) is 43.9 Å². The number of carbonyl (C=O) groups excluding carboxylic acids is 2. The molecular formula is C32H32ClFN8O6. The maximum Gasteiger partial charge on any atom is 0.341 e. The monoisotopic (exact) mass is 678 g/mol. The molecule has 1 spiro atoms. The number of ether oxygens (including phenoxy) is 1. The summed E-state index contributed by atoms with van der Waals surface area (Å²) in [5.74, 6) is -1.34. The van der Waals surface area contributed by atoms with Crippen molar-refractivity contribution in [2.24, 2.45) is 5.41 Å². The first-order valence-corrected chi connectivity index (χ1v) is 15.6. The Bertz CT molecular complexity index is 2010. The van der Waals surface area contributed by atoms with E-state index in [9.17, 15) is 18.8 Å². The van der Waals surface area contributed by atoms with Gasteiger partial charge in [0.25, 0.3) is 5.91 Å². The number of aromatic carboxylic acids is 1. The molecule has 1 aliphatic carbocycles. The zero-order chi connectivity index (χ0) is 34.0. The molecule has 1 aliphatic heterocycles. The molecule has 7 rings (SSSR count). The van der Waals surface area contributed by atoms with Gasteiger partial charge in [0.2, 0.25) is 11.8 Å². The van der Waals surface area contributed by atoms with Crippen LogP contribution in [0.1, 0.15) is 58.4 Å². The van der Waals surface area contributed by atoms with E-state index in [0.717, 1.165) is 5.56 Å². The van der Waals surface area contributed by atoms with Crippen molar-refractivity contribution in [2.75, 3.05) is 25.2 Å². The first-order chi connectivity index (χ1) is 23.1. The van der Waals surface area contributed by atoms with Gasteiger partial charge in [0.15, 0.2) is 11.3 Å². The highest BCUT2D eigenvalue weighted by atomic mass is 35.5. The number of aliphatic hydroxyl groups excluding tert-OH is 1. The lowest BCUT2D eigenvalue weighted by molar-refractivity contribution is -0.127. The number of halogens is 2. The van der Waals surface area contributed by atoms with Crippen molar-refractivity contribution in [1.29, 1.82) is 0 Å². The second kappa shape index (κ2) is 13.5. The zero-order valence-corrected chi connectivity index (χ0v) is 26.6. The van der Waals surface area contributed by atoms with Crippen LogP contribution in [0.5, 0.6) is 5.88 Å². The molecule has 0 unspecified atom stereocenters. The van der Waals surface area contributed by atoms with Crippen LogP contribution >= 0.6 is 11.6 Å². The molecule has 250 valence electrons. The third-order valence-corrected chi connectivity index (χ3v) is 9.13. The Kier molecular flexibility index (Phi) is 9.24. The van der Waals surface area contributed by atoms with Crippen LogP contribution in [0.3, 0.4) is 0 Å². The molecule has 48 heavy (non-hydrogen) atoms. The number of hydrogen-bond acceptors (Lipinski definition) is 9. The number of carboxylic acids is 1. The third-order valence-electron chi connectivity index (χ3n) is 8.83. The maximum absolute atomic E-state index is 13.4. The quantitative estimate of drug-likeness (QED) is 0.231. The molecule has 1 saturated heterocycles. The molecule has 0 atom stereocenters. The van der Waals surface area contributed by atoms with Gasteiger partial charge in [-0.3, -0.25) is 9.59 Å². The largest absolute Gasteiger partial charge is 0.481 e. The summed E-state index contributed by atoms with van der Waals surface area (Å²) < 4.78 is 21.2. The molecule has 2 fully saturated rings. The lowest BCUT2D eigenvalue weighted by Crippen LogP contribution is -2.43. The predicted octanol–water partition coefficient (Wildman–Crippen LogP) is 3.59. The normalized spacial score (nSPS) is 19.0. The van der Waals surface area contributed by atoms with Crippen LogP contribution in [0.4, 0.5) is 10.1 Å². The molecule has 14 nitrogen and oxygen atoms in total. The minimum atomic E-state index is -1.05. The van der Waals surface area contributed by atoms with E-state index in [0.29, 0.717) is 67.8 Å². The number of anilines is 1. The molecular weight excluding hydrogens is 647 g/mol. The van der Waals surface area contributed by atoms with Gasteiger partial charge in [-0.2, -0.15) is 15.2 Å². The van der Waals surface area contributed by atoms with Gasteiger partial charge < -0.3 is 25.2 Å². The molecule has 4 aromatic heterocycles. The Morgan fingerprint density at radius 3 is 2.54 bits per heavy atom. The summed E-state index contributed by atoms with van der Waals surface area (Å²) in [7, 11) is 1.47. The van der Waals surface area contributed by atoms with E-state index < -0.39 is 17.2 Å². The first-order valence-electron chi connectivity index (χ1n) is 15.2. The molecule has 1 saturated carbocycles. The number of carbonyl (C=O) groups is 3. The van der Waals surface area contributed by atoms with Crippen LogP contribution in [0.2, 0.25) is 5.02 Å². The van der Waals surface area contributed by atoms with Gasteiger partial charge in [-0.15, -0.1) is 0 Å². The summed E-state index contributed by atoms with van der Waals surface area (Å²) in [6.07, 6.45) is 11.6. The summed E-state index contributed by atoms with van der Waals surface area (Å²) in [5, 5.41) is 29.3. The van der Waals surface area contributed by atoms with Crippen molar-refractivity contribution in [3.05, 3.63) is 82.8 Å². The molecule has 5 aromatic rings. The number of nitrogens with one attached hydrogen (secondary N) is 1. The molecule has 0 bridgehead atoms. The number of amides is 2. The molecule has 2 amide bonds. The van der Waals surface area contributed by atoms with Crippen LogP contribution in [0, 0.1) is 11.2 Å². The molecule has 5 heterocycles. The number of fused-ring (bicyclic) bond motifs is 2. The summed E-state index contributed by atoms with van der Waals surface area (Å²) in [4.78, 5) is 46.9. The minimum absolute atomic E-state index is 0.0160. The Labute approximate surface area is 278 Å². The number of benzene rings is 1. The first kappa shape index (κ1) is 32.8. The topological polar surface area (TPSA) is 177 Å². The Morgan fingerprint density at radius 2 is 1.83 bits per heavy atom. The Hall–Kier alpha value is -5.15. The van der Waals surface area contributed by atoms with E-state index in [1.807, 2.05) is 0 Å². The van der Waals surface area contributed by atoms with Gasteiger partial charge >= 0.3 is 5.97 Å². The smallest absolute Gasteiger partial charge is 0.341 e. The van der Waals surface area contributed by atoms with Gasteiger partial charge in [0.05, 0.1) is 35.6 Å². The van der Waals surface area contributed by atoms with E-state index in [4.69, 9.17) is 26.6 Å². The van der Waals surface area contributed by atoms with Crippen LogP contribution in [0.25, 0.3) is 11.3 Å². The number of methoxy groups -OCH3 is 1. The lowest BCUT2D eigenvalue weighted by atomic mass is 9.71. The number of aromatic nitrogens is 6. The van der Waals surface area contributed by atoms with Crippen molar-refractivity contribution in [3.8, 4) is 5.88 Å². The highest BCUT2D eigenvalue weighted by Gasteiger charge is 2.49. The molecule has 16 heteroatoms. The van der Waals surface area contributed by atoms with E-state index in [2.05, 4.69) is 25.5 Å². The van der Waals surface area contributed by atoms with E-state index >= 15 is 0 Å². The summed E-state index contributed by atoms with van der Waals surface area (Å²) in [6, 6.07) is 5.65. The fourth-order valence-corrected chi connectivity index (χ4v) is 6.51. The zero-order valence-electron chi connectivity index (χ0n) is 25.8. The SMILES string of the molecule is COc1ccn2ncc(C(=O)O)c2n1.O=C(NC1CCC2(CC1)CCN(c1ccc(F)cc1Cl)C2=O)c1cnn2cc(CCO)cnc12. The highest BCUT2D eigenvalue weighted by Crippen LogP contribution is 2.47. The maximum atomic E-state index is 13.4.